The molecule has 4 rings (SSSR count). The zero-order valence-corrected chi connectivity index (χ0v) is 18.8. The number of halogens is 1. The van der Waals surface area contributed by atoms with Gasteiger partial charge in [-0.05, 0) is 38.1 Å². The standard InChI is InChI=1S/C22H18BrN3O3S/c1-13-3-5-15(6-4-13)21-18(30-14(2)24-21)11-20(27)28-12-19-25-26-22(29-19)16-7-9-17(23)10-8-16/h3-10H,11-12H2,1-2H3. The van der Waals surface area contributed by atoms with Gasteiger partial charge in [0.15, 0.2) is 6.61 Å². The quantitative estimate of drug-likeness (QED) is 0.335. The molecule has 2 heterocycles. The summed E-state index contributed by atoms with van der Waals surface area (Å²) in [4.78, 5) is 17.9. The van der Waals surface area contributed by atoms with Crippen molar-refractivity contribution in [3.05, 3.63) is 74.3 Å². The summed E-state index contributed by atoms with van der Waals surface area (Å²) in [7, 11) is 0. The monoisotopic (exact) mass is 483 g/mol. The number of hydrogen-bond acceptors (Lipinski definition) is 7. The number of ether oxygens (including phenoxy) is 1. The number of aryl methyl sites for hydroxylation is 2. The van der Waals surface area contributed by atoms with E-state index in [4.69, 9.17) is 9.15 Å². The average molecular weight is 484 g/mol. The molecule has 0 spiro atoms. The Balaban J connectivity index is 1.40. The minimum Gasteiger partial charge on any atom is -0.455 e. The highest BCUT2D eigenvalue weighted by atomic mass is 79.9. The molecule has 0 radical (unpaired) electrons. The highest BCUT2D eigenvalue weighted by Crippen LogP contribution is 2.29. The fourth-order valence-corrected chi connectivity index (χ4v) is 4.08. The lowest BCUT2D eigenvalue weighted by Gasteiger charge is -2.04. The smallest absolute Gasteiger partial charge is 0.311 e. The van der Waals surface area contributed by atoms with Crippen LogP contribution in [0.5, 0.6) is 0 Å². The maximum absolute atomic E-state index is 12.4. The first-order valence-corrected chi connectivity index (χ1v) is 10.9. The van der Waals surface area contributed by atoms with E-state index in [2.05, 4.69) is 31.1 Å². The molecule has 0 bridgehead atoms. The zero-order chi connectivity index (χ0) is 21.1. The molecule has 4 aromatic rings. The molecule has 0 aliphatic heterocycles. The van der Waals surface area contributed by atoms with Crippen LogP contribution in [0.4, 0.5) is 0 Å². The van der Waals surface area contributed by atoms with Crippen molar-refractivity contribution in [1.82, 2.24) is 15.2 Å². The second-order valence-corrected chi connectivity index (χ2v) is 8.92. The van der Waals surface area contributed by atoms with Crippen molar-refractivity contribution in [2.45, 2.75) is 26.9 Å². The topological polar surface area (TPSA) is 78.1 Å². The van der Waals surface area contributed by atoms with E-state index < -0.39 is 0 Å². The predicted molar refractivity (Wildman–Crippen MR) is 118 cm³/mol. The lowest BCUT2D eigenvalue weighted by molar-refractivity contribution is -0.144. The van der Waals surface area contributed by atoms with E-state index in [1.165, 1.54) is 16.9 Å². The van der Waals surface area contributed by atoms with Crippen LogP contribution in [0.15, 0.2) is 57.4 Å². The van der Waals surface area contributed by atoms with Gasteiger partial charge in [0, 0.05) is 20.5 Å². The molecule has 152 valence electrons. The molecule has 0 N–H and O–H groups in total. The van der Waals surface area contributed by atoms with E-state index in [1.54, 1.807) is 0 Å². The van der Waals surface area contributed by atoms with Crippen LogP contribution in [0.3, 0.4) is 0 Å². The molecule has 0 atom stereocenters. The van der Waals surface area contributed by atoms with E-state index in [0.717, 1.165) is 31.2 Å². The molecule has 0 saturated carbocycles. The molecule has 6 nitrogen and oxygen atoms in total. The minimum absolute atomic E-state index is 0.0694. The van der Waals surface area contributed by atoms with Crippen LogP contribution in [-0.2, 0) is 22.6 Å². The van der Waals surface area contributed by atoms with Gasteiger partial charge in [-0.15, -0.1) is 21.5 Å². The van der Waals surface area contributed by atoms with Crippen LogP contribution in [0.25, 0.3) is 22.7 Å². The molecule has 0 amide bonds. The number of nitrogens with zero attached hydrogens (tertiary/aromatic N) is 3. The normalized spacial score (nSPS) is 10.9. The van der Waals surface area contributed by atoms with Crippen LogP contribution in [0, 0.1) is 13.8 Å². The summed E-state index contributed by atoms with van der Waals surface area (Å²) < 4.78 is 11.9. The molecule has 2 aromatic heterocycles. The number of rotatable bonds is 6. The number of carbonyl (C=O) groups is 1. The Labute approximate surface area is 186 Å². The van der Waals surface area contributed by atoms with Crippen molar-refractivity contribution in [2.75, 3.05) is 0 Å². The highest BCUT2D eigenvalue weighted by molar-refractivity contribution is 9.10. The van der Waals surface area contributed by atoms with Crippen LogP contribution >= 0.6 is 27.3 Å². The van der Waals surface area contributed by atoms with Gasteiger partial charge in [-0.25, -0.2) is 4.98 Å². The third-order valence-corrected chi connectivity index (χ3v) is 5.85. The van der Waals surface area contributed by atoms with E-state index in [0.29, 0.717) is 5.89 Å². The van der Waals surface area contributed by atoms with Crippen LogP contribution in [0.2, 0.25) is 0 Å². The number of thiazole rings is 1. The Morgan fingerprint density at radius 1 is 1.03 bits per heavy atom. The molecule has 30 heavy (non-hydrogen) atoms. The summed E-state index contributed by atoms with van der Waals surface area (Å²) in [6, 6.07) is 15.6. The summed E-state index contributed by atoms with van der Waals surface area (Å²) in [6.07, 6.45) is 0.141. The third-order valence-electron chi connectivity index (χ3n) is 4.35. The Morgan fingerprint density at radius 2 is 1.73 bits per heavy atom. The van der Waals surface area contributed by atoms with Gasteiger partial charge in [-0.3, -0.25) is 4.79 Å². The van der Waals surface area contributed by atoms with Gasteiger partial charge < -0.3 is 9.15 Å². The second-order valence-electron chi connectivity index (χ2n) is 6.72. The number of carbonyl (C=O) groups excluding carboxylic acids is 1. The van der Waals surface area contributed by atoms with E-state index in [-0.39, 0.29) is 24.9 Å². The molecular formula is C22H18BrN3O3S. The van der Waals surface area contributed by atoms with Crippen molar-refractivity contribution < 1.29 is 13.9 Å². The first-order valence-electron chi connectivity index (χ1n) is 9.25. The van der Waals surface area contributed by atoms with Crippen molar-refractivity contribution in [3.63, 3.8) is 0 Å². The number of esters is 1. The lowest BCUT2D eigenvalue weighted by atomic mass is 10.1. The number of benzene rings is 2. The predicted octanol–water partition coefficient (Wildman–Crippen LogP) is 5.53. The Morgan fingerprint density at radius 3 is 2.47 bits per heavy atom. The molecule has 0 saturated heterocycles. The molecular weight excluding hydrogens is 466 g/mol. The van der Waals surface area contributed by atoms with Gasteiger partial charge in [0.2, 0.25) is 5.89 Å². The molecule has 0 aliphatic carbocycles. The summed E-state index contributed by atoms with van der Waals surface area (Å²) in [6.45, 7) is 3.90. The largest absolute Gasteiger partial charge is 0.455 e. The third kappa shape index (κ3) is 4.83. The summed E-state index contributed by atoms with van der Waals surface area (Å²) in [5, 5.41) is 8.87. The van der Waals surface area contributed by atoms with E-state index >= 15 is 0 Å². The van der Waals surface area contributed by atoms with Gasteiger partial charge in [-0.2, -0.15) is 0 Å². The fourth-order valence-electron chi connectivity index (χ4n) is 2.87. The summed E-state index contributed by atoms with van der Waals surface area (Å²) in [5.74, 6) is 0.268. The van der Waals surface area contributed by atoms with Crippen LogP contribution < -0.4 is 0 Å². The lowest BCUT2D eigenvalue weighted by Crippen LogP contribution is -2.08. The number of aromatic nitrogens is 3. The van der Waals surface area contributed by atoms with Gasteiger partial charge in [0.25, 0.3) is 5.89 Å². The maximum Gasteiger partial charge on any atom is 0.311 e. The Kier molecular flexibility index (Phi) is 6.06. The Hall–Kier alpha value is -2.84. The van der Waals surface area contributed by atoms with Gasteiger partial charge >= 0.3 is 5.97 Å². The second kappa shape index (κ2) is 8.89. The minimum atomic E-state index is -0.365. The van der Waals surface area contributed by atoms with Crippen LogP contribution in [-0.4, -0.2) is 21.2 Å². The average Bonchev–Trinajstić information content (AvgIpc) is 3.34. The SMILES string of the molecule is Cc1ccc(-c2nc(C)sc2CC(=O)OCc2nnc(-c3ccc(Br)cc3)o2)cc1. The zero-order valence-electron chi connectivity index (χ0n) is 16.4. The number of hydrogen-bond donors (Lipinski definition) is 0. The summed E-state index contributed by atoms with van der Waals surface area (Å²) in [5.41, 5.74) is 3.79. The first-order chi connectivity index (χ1) is 14.5. The van der Waals surface area contributed by atoms with E-state index in [9.17, 15) is 4.79 Å². The molecule has 0 fully saturated rings. The summed E-state index contributed by atoms with van der Waals surface area (Å²) >= 11 is 4.89. The fraction of sp³-hybridized carbons (Fsp3) is 0.182. The van der Waals surface area contributed by atoms with Crippen LogP contribution in [0.1, 0.15) is 21.3 Å². The van der Waals surface area contributed by atoms with E-state index in [1.807, 2.05) is 62.4 Å². The molecule has 0 unspecified atom stereocenters. The first kappa shape index (κ1) is 20.4. The van der Waals surface area contributed by atoms with Crippen molar-refractivity contribution in [1.29, 1.82) is 0 Å². The highest BCUT2D eigenvalue weighted by Gasteiger charge is 2.17. The van der Waals surface area contributed by atoms with Crippen molar-refractivity contribution in [3.8, 4) is 22.7 Å². The molecule has 8 heteroatoms. The Bertz CT molecular complexity index is 1170. The van der Waals surface area contributed by atoms with Crippen molar-refractivity contribution in [2.24, 2.45) is 0 Å². The molecule has 0 aliphatic rings. The molecule has 2 aromatic carbocycles. The van der Waals surface area contributed by atoms with Gasteiger partial charge in [0.05, 0.1) is 17.1 Å². The van der Waals surface area contributed by atoms with Gasteiger partial charge in [-0.1, -0.05) is 45.8 Å². The maximum atomic E-state index is 12.4. The van der Waals surface area contributed by atoms with Crippen molar-refractivity contribution >= 4 is 33.2 Å². The van der Waals surface area contributed by atoms with Gasteiger partial charge in [0.1, 0.15) is 0 Å².